The maximum absolute atomic E-state index is 12.4. The predicted octanol–water partition coefficient (Wildman–Crippen LogP) is 0.786. The summed E-state index contributed by atoms with van der Waals surface area (Å²) in [5, 5.41) is 99.0. The van der Waals surface area contributed by atoms with Gasteiger partial charge in [-0.1, -0.05) is 27.7 Å². The van der Waals surface area contributed by atoms with Crippen LogP contribution in [0.2, 0.25) is 0 Å². The molecular formula is C48H78O18. The number of rotatable bonds is 9. The van der Waals surface area contributed by atoms with Crippen LogP contribution in [0, 0.1) is 44.8 Å². The van der Waals surface area contributed by atoms with Crippen LogP contribution >= 0.6 is 0 Å². The summed E-state index contributed by atoms with van der Waals surface area (Å²) < 4.78 is 50.5. The minimum absolute atomic E-state index is 0.0767. The Balaban J connectivity index is 1.04. The van der Waals surface area contributed by atoms with E-state index >= 15 is 0 Å². The molecule has 9 fully saturated rings. The fraction of sp³-hybridized carbons (Fsp3) is 0.979. The number of aliphatic hydroxyl groups excluding tert-OH is 8. The zero-order chi connectivity index (χ0) is 48.1. The molecule has 66 heavy (non-hydrogen) atoms. The molecule has 9 N–H and O–H groups in total. The zero-order valence-electron chi connectivity index (χ0n) is 40.0. The van der Waals surface area contributed by atoms with Gasteiger partial charge in [0.1, 0.15) is 42.7 Å². The van der Waals surface area contributed by atoms with E-state index in [1.807, 2.05) is 0 Å². The predicted molar refractivity (Wildman–Crippen MR) is 229 cm³/mol. The van der Waals surface area contributed by atoms with Crippen molar-refractivity contribution in [1.82, 2.24) is 0 Å². The van der Waals surface area contributed by atoms with Crippen LogP contribution in [0.1, 0.15) is 120 Å². The largest absolute Gasteiger partial charge is 0.457 e. The molecule has 9 aliphatic rings. The molecule has 0 aromatic rings. The highest BCUT2D eigenvalue weighted by molar-refractivity contribution is 5.66. The Bertz CT molecular complexity index is 1810. The Kier molecular flexibility index (Phi) is 12.6. The molecule has 18 heteroatoms. The van der Waals surface area contributed by atoms with E-state index in [0.29, 0.717) is 25.7 Å². The summed E-state index contributed by atoms with van der Waals surface area (Å²) in [6, 6.07) is 0. The van der Waals surface area contributed by atoms with E-state index in [0.717, 1.165) is 32.1 Å². The van der Waals surface area contributed by atoms with Crippen molar-refractivity contribution in [3.8, 4) is 0 Å². The summed E-state index contributed by atoms with van der Waals surface area (Å²) in [5.41, 5.74) is -3.49. The maximum Gasteiger partial charge on any atom is 0.303 e. The Morgan fingerprint density at radius 1 is 0.667 bits per heavy atom. The maximum atomic E-state index is 12.4. The molecule has 25 atom stereocenters. The van der Waals surface area contributed by atoms with Crippen molar-refractivity contribution in [1.29, 1.82) is 0 Å². The summed E-state index contributed by atoms with van der Waals surface area (Å²) in [6.45, 7) is 16.8. The van der Waals surface area contributed by atoms with Gasteiger partial charge < -0.3 is 83.9 Å². The molecule has 0 aromatic heterocycles. The van der Waals surface area contributed by atoms with Gasteiger partial charge in [0.2, 0.25) is 0 Å². The molecule has 378 valence electrons. The Morgan fingerprint density at radius 2 is 1.33 bits per heavy atom. The van der Waals surface area contributed by atoms with E-state index in [-0.39, 0.29) is 58.7 Å². The van der Waals surface area contributed by atoms with Gasteiger partial charge in [0.25, 0.3) is 0 Å². The van der Waals surface area contributed by atoms with Gasteiger partial charge >= 0.3 is 5.97 Å². The molecule has 4 saturated heterocycles. The van der Waals surface area contributed by atoms with Crippen molar-refractivity contribution in [2.24, 2.45) is 44.8 Å². The monoisotopic (exact) mass is 943 g/mol. The second-order valence-corrected chi connectivity index (χ2v) is 24.0. The smallest absolute Gasteiger partial charge is 0.303 e. The molecule has 5 saturated carbocycles. The lowest BCUT2D eigenvalue weighted by molar-refractivity contribution is -0.366. The van der Waals surface area contributed by atoms with Crippen LogP contribution < -0.4 is 0 Å². The molecule has 9 rings (SSSR count). The highest BCUT2D eigenvalue weighted by atomic mass is 16.8. The fourth-order valence-corrected chi connectivity index (χ4v) is 16.3. The van der Waals surface area contributed by atoms with E-state index < -0.39 is 121 Å². The van der Waals surface area contributed by atoms with Gasteiger partial charge in [-0.25, -0.2) is 0 Å². The molecule has 18 nitrogen and oxygen atoms in total. The zero-order valence-corrected chi connectivity index (χ0v) is 40.0. The van der Waals surface area contributed by atoms with E-state index in [2.05, 4.69) is 34.6 Å². The average molecular weight is 943 g/mol. The molecule has 2 spiro atoms. The summed E-state index contributed by atoms with van der Waals surface area (Å²) >= 11 is 0. The van der Waals surface area contributed by atoms with Gasteiger partial charge in [-0.05, 0) is 124 Å². The van der Waals surface area contributed by atoms with Crippen molar-refractivity contribution < 1.29 is 88.6 Å². The van der Waals surface area contributed by atoms with E-state index in [1.54, 1.807) is 13.8 Å². The summed E-state index contributed by atoms with van der Waals surface area (Å²) in [5.74, 6) is -1.03. The average Bonchev–Trinajstić information content (AvgIpc) is 3.59. The molecule has 0 radical (unpaired) electrons. The minimum Gasteiger partial charge on any atom is -0.457 e. The van der Waals surface area contributed by atoms with Gasteiger partial charge in [-0.15, -0.1) is 0 Å². The molecule has 5 aliphatic carbocycles. The van der Waals surface area contributed by atoms with Crippen molar-refractivity contribution in [3.63, 3.8) is 0 Å². The number of fused-ring (bicyclic) bond motifs is 2. The Labute approximate surface area is 387 Å². The molecule has 0 aromatic carbocycles. The minimum atomic E-state index is -1.70. The molecule has 0 bridgehead atoms. The van der Waals surface area contributed by atoms with Crippen molar-refractivity contribution in [3.05, 3.63) is 0 Å². The number of hydrogen-bond donors (Lipinski definition) is 9. The van der Waals surface area contributed by atoms with Crippen LogP contribution in [0.25, 0.3) is 0 Å². The van der Waals surface area contributed by atoms with Crippen molar-refractivity contribution >= 4 is 5.97 Å². The number of aliphatic hydroxyl groups is 9. The molecule has 4 aliphatic heterocycles. The topological polar surface area (TPSA) is 273 Å². The van der Waals surface area contributed by atoms with Gasteiger partial charge in [-0.3, -0.25) is 4.79 Å². The third-order valence-electron chi connectivity index (χ3n) is 19.6. The van der Waals surface area contributed by atoms with Crippen molar-refractivity contribution in [2.75, 3.05) is 13.2 Å². The fourth-order valence-electron chi connectivity index (χ4n) is 16.3. The first kappa shape index (κ1) is 49.8. The number of esters is 1. The van der Waals surface area contributed by atoms with Crippen LogP contribution in [0.15, 0.2) is 0 Å². The van der Waals surface area contributed by atoms with Crippen LogP contribution in [-0.2, 0) is 42.7 Å². The highest BCUT2D eigenvalue weighted by Crippen LogP contribution is 2.89. The number of carbonyl (C=O) groups is 1. The first-order valence-corrected chi connectivity index (χ1v) is 24.5. The van der Waals surface area contributed by atoms with E-state index in [9.17, 15) is 50.8 Å². The lowest BCUT2D eigenvalue weighted by Crippen LogP contribution is -2.65. The molecule has 4 heterocycles. The molecule has 0 unspecified atom stereocenters. The molecular weight excluding hydrogens is 865 g/mol. The first-order valence-electron chi connectivity index (χ1n) is 24.5. The van der Waals surface area contributed by atoms with Gasteiger partial charge in [0, 0.05) is 12.8 Å². The Morgan fingerprint density at radius 3 is 2.00 bits per heavy atom. The third kappa shape index (κ3) is 7.43. The van der Waals surface area contributed by atoms with Crippen LogP contribution in [-0.4, -0.2) is 181 Å². The van der Waals surface area contributed by atoms with Crippen molar-refractivity contribution in [2.45, 2.75) is 236 Å². The molecule has 0 amide bonds. The quantitative estimate of drug-likeness (QED) is 0.114. The summed E-state index contributed by atoms with van der Waals surface area (Å²) in [4.78, 5) is 12.4. The van der Waals surface area contributed by atoms with Gasteiger partial charge in [0.15, 0.2) is 31.1 Å². The SMILES string of the molecule is CC(=O)O[C@@H]1[C@H](O[C@@H]2O[C@H](C)[C@H](O)[C@H](O)[C@@H]2O)[C@H](O[C@H]2CC[C@]34C[C@]35CC[C@]3(C)[C@H]([C@]6(C)CC[C@@H](C(C)(C)O)O6)[C@H](O)C[C@@]3(C)[C@@H]5C[C@H](O[C@@H]3OC[C@@H](O)[C@H](O)[C@H]3O)[C@@H]4C2(C)C)OC[C@H]1O. The second kappa shape index (κ2) is 16.7. The number of ether oxygens (including phenoxy) is 8. The lowest BCUT2D eigenvalue weighted by Gasteiger charge is -2.65. The Hall–Kier alpha value is -1.17. The third-order valence-corrected chi connectivity index (χ3v) is 19.6. The van der Waals surface area contributed by atoms with Crippen LogP contribution in [0.4, 0.5) is 0 Å². The lowest BCUT2D eigenvalue weighted by atomic mass is 9.41. The van der Waals surface area contributed by atoms with E-state index in [1.165, 1.54) is 13.8 Å². The van der Waals surface area contributed by atoms with Gasteiger partial charge in [-0.2, -0.15) is 0 Å². The van der Waals surface area contributed by atoms with Crippen LogP contribution in [0.5, 0.6) is 0 Å². The summed E-state index contributed by atoms with van der Waals surface area (Å²) in [7, 11) is 0. The van der Waals surface area contributed by atoms with E-state index in [4.69, 9.17) is 37.9 Å². The number of carbonyl (C=O) groups excluding carboxylic acids is 1. The normalized spacial score (nSPS) is 56.7. The van der Waals surface area contributed by atoms with Crippen LogP contribution in [0.3, 0.4) is 0 Å². The first-order chi connectivity index (χ1) is 30.7. The number of hydrogen-bond acceptors (Lipinski definition) is 18. The standard InChI is InChI=1S/C48H78O18/c1-21-30(53)32(55)34(57)40(61-21)65-36-35(62-22(2)49)25(52)19-60-41(36)64-28-11-13-48-20-47(48)15-14-44(7)37(46(9)12-10-29(66-46)43(5,6)58)23(50)17-45(44,8)27(47)16-26(38(48)42(28,3)4)63-39-33(56)31(54)24(51)18-59-39/h21,23-41,50-58H,10-20H2,1-9H3/t21-,23-,24-,25-,26+,27+,28+,29+,30+,31+,32+,33-,34+,35+,36+,37-,38-,39+,40+,41+,44-,45+,46+,47+,48-/m1/s1. The second-order valence-electron chi connectivity index (χ2n) is 24.0. The summed E-state index contributed by atoms with van der Waals surface area (Å²) in [6.07, 6.45) is -13.6. The van der Waals surface area contributed by atoms with Gasteiger partial charge in [0.05, 0.1) is 54.9 Å². The highest BCUT2D eigenvalue weighted by Gasteiger charge is 2.85.